The van der Waals surface area contributed by atoms with Crippen molar-refractivity contribution in [1.82, 2.24) is 10.2 Å². The lowest BCUT2D eigenvalue weighted by Crippen LogP contribution is -2.17. The lowest BCUT2D eigenvalue weighted by molar-refractivity contribution is -0.113. The Morgan fingerprint density at radius 2 is 1.72 bits per heavy atom. The molecule has 2 N–H and O–H groups in total. The molecule has 0 saturated heterocycles. The molecule has 0 aliphatic carbocycles. The standard InChI is InChI=1S/C21H20N4O5S2/c1-3-30-19(28)13-8-4-6-10-15(13)22-17(26)12-31-21-25-24-20(32-21)23-18(27)14-9-5-7-11-16(14)29-2/h4-11H,3,12H2,1-2H3,(H,22,26)(H,23,24,27). The number of esters is 1. The third kappa shape index (κ3) is 6.05. The molecule has 0 unspecified atom stereocenters. The second kappa shape index (κ2) is 11.3. The van der Waals surface area contributed by atoms with E-state index in [0.717, 1.165) is 23.1 Å². The van der Waals surface area contributed by atoms with Crippen molar-refractivity contribution in [2.75, 3.05) is 30.1 Å². The number of benzene rings is 2. The van der Waals surface area contributed by atoms with Crippen LogP contribution in [0.3, 0.4) is 0 Å². The van der Waals surface area contributed by atoms with E-state index in [1.807, 2.05) is 0 Å². The first kappa shape index (κ1) is 23.2. The van der Waals surface area contributed by atoms with Gasteiger partial charge in [-0.2, -0.15) is 0 Å². The molecule has 0 spiro atoms. The van der Waals surface area contributed by atoms with Crippen LogP contribution in [0, 0.1) is 0 Å². The van der Waals surface area contributed by atoms with Gasteiger partial charge in [-0.05, 0) is 31.2 Å². The van der Waals surface area contributed by atoms with Gasteiger partial charge in [-0.1, -0.05) is 47.4 Å². The minimum absolute atomic E-state index is 0.0479. The number of nitrogens with zero attached hydrogens (tertiary/aromatic N) is 2. The minimum atomic E-state index is -0.504. The summed E-state index contributed by atoms with van der Waals surface area (Å²) in [5.41, 5.74) is 1.03. The quantitative estimate of drug-likeness (QED) is 0.275. The summed E-state index contributed by atoms with van der Waals surface area (Å²) in [6.07, 6.45) is 0. The van der Waals surface area contributed by atoms with Crippen LogP contribution in [0.15, 0.2) is 52.9 Å². The molecule has 0 atom stereocenters. The Kier molecular flexibility index (Phi) is 8.17. The number of nitrogens with one attached hydrogen (secondary N) is 2. The van der Waals surface area contributed by atoms with E-state index < -0.39 is 5.97 Å². The topological polar surface area (TPSA) is 120 Å². The van der Waals surface area contributed by atoms with Crippen molar-refractivity contribution in [3.05, 3.63) is 59.7 Å². The molecular weight excluding hydrogens is 452 g/mol. The van der Waals surface area contributed by atoms with Gasteiger partial charge in [-0.15, -0.1) is 10.2 Å². The zero-order valence-corrected chi connectivity index (χ0v) is 18.9. The molecule has 3 aromatic rings. The Balaban J connectivity index is 1.56. The van der Waals surface area contributed by atoms with Crippen LogP contribution in [0.2, 0.25) is 0 Å². The van der Waals surface area contributed by atoms with Gasteiger partial charge in [0.15, 0.2) is 4.34 Å². The third-order valence-electron chi connectivity index (χ3n) is 4.00. The summed E-state index contributed by atoms with van der Waals surface area (Å²) in [6.45, 7) is 1.95. The smallest absolute Gasteiger partial charge is 0.340 e. The van der Waals surface area contributed by atoms with Crippen LogP contribution in [0.25, 0.3) is 0 Å². The number of carbonyl (C=O) groups is 3. The predicted molar refractivity (Wildman–Crippen MR) is 123 cm³/mol. The monoisotopic (exact) mass is 472 g/mol. The van der Waals surface area contributed by atoms with Gasteiger partial charge in [0.25, 0.3) is 5.91 Å². The number of hydrogen-bond donors (Lipinski definition) is 2. The Morgan fingerprint density at radius 3 is 2.47 bits per heavy atom. The maximum atomic E-state index is 12.4. The molecule has 2 amide bonds. The number of rotatable bonds is 9. The number of amides is 2. The number of hydrogen-bond acceptors (Lipinski definition) is 9. The SMILES string of the molecule is CCOC(=O)c1ccccc1NC(=O)CSc1nnc(NC(=O)c2ccccc2OC)s1. The molecule has 2 aromatic carbocycles. The molecule has 0 aliphatic rings. The summed E-state index contributed by atoms with van der Waals surface area (Å²) in [5.74, 6) is -0.698. The molecule has 1 aromatic heterocycles. The van der Waals surface area contributed by atoms with Crippen molar-refractivity contribution in [1.29, 1.82) is 0 Å². The highest BCUT2D eigenvalue weighted by atomic mass is 32.2. The average molecular weight is 473 g/mol. The highest BCUT2D eigenvalue weighted by Crippen LogP contribution is 2.27. The maximum absolute atomic E-state index is 12.4. The summed E-state index contributed by atoms with van der Waals surface area (Å²) in [6, 6.07) is 13.5. The van der Waals surface area contributed by atoms with E-state index in [2.05, 4.69) is 20.8 Å². The Bertz CT molecular complexity index is 1120. The fraction of sp³-hybridized carbons (Fsp3) is 0.190. The number of carbonyl (C=O) groups excluding carboxylic acids is 3. The van der Waals surface area contributed by atoms with E-state index in [1.165, 1.54) is 7.11 Å². The number of methoxy groups -OCH3 is 1. The zero-order valence-electron chi connectivity index (χ0n) is 17.3. The molecule has 32 heavy (non-hydrogen) atoms. The van der Waals surface area contributed by atoms with Crippen molar-refractivity contribution in [3.8, 4) is 5.75 Å². The second-order valence-electron chi connectivity index (χ2n) is 6.13. The Hall–Kier alpha value is -3.44. The first-order chi connectivity index (χ1) is 15.5. The molecule has 1 heterocycles. The largest absolute Gasteiger partial charge is 0.496 e. The average Bonchev–Trinajstić information content (AvgIpc) is 3.25. The highest BCUT2D eigenvalue weighted by molar-refractivity contribution is 8.01. The molecule has 166 valence electrons. The van der Waals surface area contributed by atoms with Gasteiger partial charge in [0.1, 0.15) is 5.75 Å². The zero-order chi connectivity index (χ0) is 22.9. The first-order valence-corrected chi connectivity index (χ1v) is 11.3. The van der Waals surface area contributed by atoms with Crippen LogP contribution in [-0.2, 0) is 9.53 Å². The highest BCUT2D eigenvalue weighted by Gasteiger charge is 2.16. The fourth-order valence-electron chi connectivity index (χ4n) is 2.61. The predicted octanol–water partition coefficient (Wildman–Crippen LogP) is 3.71. The third-order valence-corrected chi connectivity index (χ3v) is 5.97. The van der Waals surface area contributed by atoms with Crippen LogP contribution in [0.4, 0.5) is 10.8 Å². The molecule has 3 rings (SSSR count). The summed E-state index contributed by atoms with van der Waals surface area (Å²) in [5, 5.41) is 13.6. The molecule has 0 saturated carbocycles. The van der Waals surface area contributed by atoms with E-state index in [1.54, 1.807) is 55.5 Å². The maximum Gasteiger partial charge on any atom is 0.340 e. The molecular formula is C21H20N4O5S2. The molecule has 0 aliphatic heterocycles. The van der Waals surface area contributed by atoms with Gasteiger partial charge in [0.05, 0.1) is 36.3 Å². The summed E-state index contributed by atoms with van der Waals surface area (Å²) >= 11 is 2.31. The first-order valence-electron chi connectivity index (χ1n) is 9.48. The molecule has 0 fully saturated rings. The van der Waals surface area contributed by atoms with Crippen molar-refractivity contribution in [2.24, 2.45) is 0 Å². The van der Waals surface area contributed by atoms with E-state index in [4.69, 9.17) is 9.47 Å². The minimum Gasteiger partial charge on any atom is -0.496 e. The van der Waals surface area contributed by atoms with Crippen molar-refractivity contribution in [3.63, 3.8) is 0 Å². The van der Waals surface area contributed by atoms with E-state index in [9.17, 15) is 14.4 Å². The molecule has 0 bridgehead atoms. The van der Waals surface area contributed by atoms with Crippen LogP contribution in [0.5, 0.6) is 5.75 Å². The fourth-order valence-corrected chi connectivity index (χ4v) is 4.15. The summed E-state index contributed by atoms with van der Waals surface area (Å²) < 4.78 is 10.7. The lowest BCUT2D eigenvalue weighted by Gasteiger charge is -2.09. The number of thioether (sulfide) groups is 1. The number of aromatic nitrogens is 2. The summed E-state index contributed by atoms with van der Waals surface area (Å²) in [7, 11) is 1.49. The van der Waals surface area contributed by atoms with Gasteiger partial charge >= 0.3 is 5.97 Å². The normalized spacial score (nSPS) is 10.3. The number of para-hydroxylation sites is 2. The van der Waals surface area contributed by atoms with Crippen LogP contribution < -0.4 is 15.4 Å². The number of anilines is 2. The Labute approximate surface area is 192 Å². The van der Waals surface area contributed by atoms with Crippen LogP contribution in [-0.4, -0.2) is 47.5 Å². The lowest BCUT2D eigenvalue weighted by atomic mass is 10.2. The van der Waals surface area contributed by atoms with Crippen LogP contribution in [0.1, 0.15) is 27.6 Å². The molecule has 9 nitrogen and oxygen atoms in total. The van der Waals surface area contributed by atoms with Crippen molar-refractivity contribution < 1.29 is 23.9 Å². The van der Waals surface area contributed by atoms with Gasteiger partial charge < -0.3 is 14.8 Å². The molecule has 11 heteroatoms. The van der Waals surface area contributed by atoms with Crippen molar-refractivity contribution >= 4 is 51.7 Å². The van der Waals surface area contributed by atoms with Crippen molar-refractivity contribution in [2.45, 2.75) is 11.3 Å². The molecule has 0 radical (unpaired) electrons. The van der Waals surface area contributed by atoms with E-state index in [-0.39, 0.29) is 29.7 Å². The van der Waals surface area contributed by atoms with Crippen LogP contribution >= 0.6 is 23.1 Å². The number of ether oxygens (including phenoxy) is 2. The summed E-state index contributed by atoms with van der Waals surface area (Å²) in [4.78, 5) is 36.8. The van der Waals surface area contributed by atoms with E-state index >= 15 is 0 Å². The van der Waals surface area contributed by atoms with Gasteiger partial charge in [-0.25, -0.2) is 4.79 Å². The van der Waals surface area contributed by atoms with Gasteiger partial charge in [0.2, 0.25) is 11.0 Å². The van der Waals surface area contributed by atoms with Gasteiger partial charge in [-0.3, -0.25) is 14.9 Å². The van der Waals surface area contributed by atoms with Gasteiger partial charge in [0, 0.05) is 0 Å². The second-order valence-corrected chi connectivity index (χ2v) is 8.33. The van der Waals surface area contributed by atoms with E-state index in [0.29, 0.717) is 26.5 Å². The Morgan fingerprint density at radius 1 is 1.00 bits per heavy atom.